The predicted molar refractivity (Wildman–Crippen MR) is 94.8 cm³/mol. The molecule has 5 heteroatoms. The summed E-state index contributed by atoms with van der Waals surface area (Å²) in [5.41, 5.74) is 3.81. The van der Waals surface area contributed by atoms with E-state index in [1.165, 1.54) is 11.1 Å². The van der Waals surface area contributed by atoms with Crippen molar-refractivity contribution in [1.82, 2.24) is 4.90 Å². The number of hydrogen-bond donors (Lipinski definition) is 0. The molecule has 0 N–H and O–H groups in total. The van der Waals surface area contributed by atoms with Gasteiger partial charge in [0.2, 0.25) is 0 Å². The Hall–Kier alpha value is -2.82. The zero-order valence-corrected chi connectivity index (χ0v) is 14.4. The molecule has 1 unspecified atom stereocenters. The summed E-state index contributed by atoms with van der Waals surface area (Å²) in [6, 6.07) is 13.5. The third-order valence-corrected chi connectivity index (χ3v) is 4.97. The molecule has 1 atom stereocenters. The van der Waals surface area contributed by atoms with Crippen LogP contribution in [-0.4, -0.2) is 36.4 Å². The maximum Gasteiger partial charge on any atom is 0.267 e. The zero-order chi connectivity index (χ0) is 17.6. The summed E-state index contributed by atoms with van der Waals surface area (Å²) in [5, 5.41) is 0. The van der Waals surface area contributed by atoms with Crippen LogP contribution in [0.3, 0.4) is 0 Å². The van der Waals surface area contributed by atoms with Gasteiger partial charge in [-0.3, -0.25) is 9.59 Å². The Kier molecular flexibility index (Phi) is 3.71. The van der Waals surface area contributed by atoms with Gasteiger partial charge in [-0.25, -0.2) is 0 Å². The molecule has 128 valence electrons. The predicted octanol–water partition coefficient (Wildman–Crippen LogP) is 2.63. The molecule has 0 saturated heterocycles. The van der Waals surface area contributed by atoms with E-state index in [-0.39, 0.29) is 11.8 Å². The molecule has 0 aliphatic carbocycles. The number of carbonyl (C=O) groups excluding carboxylic acids is 2. The van der Waals surface area contributed by atoms with Crippen molar-refractivity contribution >= 4 is 17.5 Å². The minimum atomic E-state index is -0.537. The Balaban J connectivity index is 1.60. The van der Waals surface area contributed by atoms with E-state index in [9.17, 15) is 9.59 Å². The highest BCUT2D eigenvalue weighted by Crippen LogP contribution is 2.34. The fraction of sp³-hybridized carbons (Fsp3) is 0.300. The lowest BCUT2D eigenvalue weighted by Crippen LogP contribution is -2.42. The summed E-state index contributed by atoms with van der Waals surface area (Å²) < 4.78 is 5.69. The van der Waals surface area contributed by atoms with Gasteiger partial charge in [0.15, 0.2) is 6.10 Å². The SMILES string of the molecule is CC1Oc2cc(C(=O)N3CCc4ccccc4C3)ccc2N(C)C1=O. The van der Waals surface area contributed by atoms with Gasteiger partial charge in [0.05, 0.1) is 5.69 Å². The molecule has 2 aliphatic rings. The van der Waals surface area contributed by atoms with Gasteiger partial charge in [-0.15, -0.1) is 0 Å². The van der Waals surface area contributed by atoms with Crippen LogP contribution in [0, 0.1) is 0 Å². The summed E-state index contributed by atoms with van der Waals surface area (Å²) in [6.45, 7) is 3.06. The topological polar surface area (TPSA) is 49.9 Å². The van der Waals surface area contributed by atoms with Gasteiger partial charge in [-0.2, -0.15) is 0 Å². The molecule has 2 heterocycles. The van der Waals surface area contributed by atoms with E-state index in [2.05, 4.69) is 12.1 Å². The Labute approximate surface area is 146 Å². The van der Waals surface area contributed by atoms with E-state index in [1.807, 2.05) is 17.0 Å². The summed E-state index contributed by atoms with van der Waals surface area (Å²) in [6.07, 6.45) is 0.335. The highest BCUT2D eigenvalue weighted by atomic mass is 16.5. The monoisotopic (exact) mass is 336 g/mol. The molecule has 4 rings (SSSR count). The fourth-order valence-corrected chi connectivity index (χ4v) is 3.50. The molecule has 2 aromatic carbocycles. The number of rotatable bonds is 1. The van der Waals surface area contributed by atoms with Crippen LogP contribution in [0.25, 0.3) is 0 Å². The van der Waals surface area contributed by atoms with Crippen molar-refractivity contribution in [1.29, 1.82) is 0 Å². The molecule has 2 aromatic rings. The van der Waals surface area contributed by atoms with Gasteiger partial charge in [-0.05, 0) is 42.7 Å². The van der Waals surface area contributed by atoms with Crippen LogP contribution in [0.15, 0.2) is 42.5 Å². The van der Waals surface area contributed by atoms with Crippen LogP contribution < -0.4 is 9.64 Å². The molecule has 2 amide bonds. The Bertz CT molecular complexity index is 862. The smallest absolute Gasteiger partial charge is 0.267 e. The van der Waals surface area contributed by atoms with Crippen molar-refractivity contribution in [2.45, 2.75) is 26.0 Å². The number of hydrogen-bond acceptors (Lipinski definition) is 3. The summed E-state index contributed by atoms with van der Waals surface area (Å²) in [7, 11) is 1.73. The molecule has 0 saturated carbocycles. The number of ether oxygens (including phenoxy) is 1. The first-order chi connectivity index (χ1) is 12.0. The third kappa shape index (κ3) is 2.65. The quantitative estimate of drug-likeness (QED) is 0.804. The number of nitrogens with zero attached hydrogens (tertiary/aromatic N) is 2. The second-order valence-corrected chi connectivity index (χ2v) is 6.59. The fourth-order valence-electron chi connectivity index (χ4n) is 3.50. The van der Waals surface area contributed by atoms with E-state index in [0.717, 1.165) is 6.42 Å². The molecule has 25 heavy (non-hydrogen) atoms. The van der Waals surface area contributed by atoms with Crippen LogP contribution in [0.2, 0.25) is 0 Å². The van der Waals surface area contributed by atoms with Crippen molar-refractivity contribution in [3.05, 3.63) is 59.2 Å². The first-order valence-electron chi connectivity index (χ1n) is 8.49. The van der Waals surface area contributed by atoms with E-state index < -0.39 is 6.10 Å². The first-order valence-corrected chi connectivity index (χ1v) is 8.49. The number of benzene rings is 2. The summed E-state index contributed by atoms with van der Waals surface area (Å²) in [5.74, 6) is 0.491. The highest BCUT2D eigenvalue weighted by Gasteiger charge is 2.30. The Morgan fingerprint density at radius 3 is 2.72 bits per heavy atom. The average molecular weight is 336 g/mol. The van der Waals surface area contributed by atoms with Gasteiger partial charge < -0.3 is 14.5 Å². The number of likely N-dealkylation sites (N-methyl/N-ethyl adjacent to an activating group) is 1. The molecular formula is C20H20N2O3. The van der Waals surface area contributed by atoms with Gasteiger partial charge in [0.25, 0.3) is 11.8 Å². The Morgan fingerprint density at radius 2 is 1.92 bits per heavy atom. The van der Waals surface area contributed by atoms with Crippen LogP contribution in [0.4, 0.5) is 5.69 Å². The van der Waals surface area contributed by atoms with Crippen molar-refractivity contribution in [2.24, 2.45) is 0 Å². The van der Waals surface area contributed by atoms with Crippen LogP contribution in [0.5, 0.6) is 5.75 Å². The molecule has 0 fully saturated rings. The number of amides is 2. The van der Waals surface area contributed by atoms with Crippen LogP contribution in [0.1, 0.15) is 28.4 Å². The zero-order valence-electron chi connectivity index (χ0n) is 14.4. The molecule has 5 nitrogen and oxygen atoms in total. The number of fused-ring (bicyclic) bond motifs is 2. The van der Waals surface area contributed by atoms with Crippen molar-refractivity contribution in [2.75, 3.05) is 18.5 Å². The molecule has 0 bridgehead atoms. The Morgan fingerprint density at radius 1 is 1.16 bits per heavy atom. The standard InChI is InChI=1S/C20H20N2O3/c1-13-19(23)21(2)17-8-7-15(11-18(17)25-13)20(24)22-10-9-14-5-3-4-6-16(14)12-22/h3-8,11,13H,9-10,12H2,1-2H3. The molecule has 0 radical (unpaired) electrons. The lowest BCUT2D eigenvalue weighted by atomic mass is 9.99. The third-order valence-electron chi connectivity index (χ3n) is 4.97. The van der Waals surface area contributed by atoms with Crippen molar-refractivity contribution < 1.29 is 14.3 Å². The van der Waals surface area contributed by atoms with Gasteiger partial charge >= 0.3 is 0 Å². The van der Waals surface area contributed by atoms with Crippen LogP contribution in [-0.2, 0) is 17.8 Å². The summed E-state index contributed by atoms with van der Waals surface area (Å²) in [4.78, 5) is 28.4. The largest absolute Gasteiger partial charge is 0.479 e. The van der Waals surface area contributed by atoms with E-state index in [1.54, 1.807) is 37.1 Å². The second kappa shape index (κ2) is 5.92. The summed E-state index contributed by atoms with van der Waals surface area (Å²) >= 11 is 0. The maximum atomic E-state index is 12.9. The van der Waals surface area contributed by atoms with Gasteiger partial charge in [0, 0.05) is 25.7 Å². The van der Waals surface area contributed by atoms with E-state index in [4.69, 9.17) is 4.74 Å². The molecule has 2 aliphatic heterocycles. The van der Waals surface area contributed by atoms with E-state index in [0.29, 0.717) is 30.1 Å². The lowest BCUT2D eigenvalue weighted by Gasteiger charge is -2.32. The van der Waals surface area contributed by atoms with E-state index >= 15 is 0 Å². The second-order valence-electron chi connectivity index (χ2n) is 6.59. The maximum absolute atomic E-state index is 12.9. The first kappa shape index (κ1) is 15.7. The van der Waals surface area contributed by atoms with Gasteiger partial charge in [0.1, 0.15) is 5.75 Å². The van der Waals surface area contributed by atoms with Crippen LogP contribution >= 0.6 is 0 Å². The number of carbonyl (C=O) groups is 2. The minimum Gasteiger partial charge on any atom is -0.479 e. The number of anilines is 1. The molecule has 0 aromatic heterocycles. The normalized spacial score (nSPS) is 19.1. The van der Waals surface area contributed by atoms with Gasteiger partial charge in [-0.1, -0.05) is 24.3 Å². The minimum absolute atomic E-state index is 0.00638. The average Bonchev–Trinajstić information content (AvgIpc) is 2.65. The molecule has 0 spiro atoms. The van der Waals surface area contributed by atoms with Crippen molar-refractivity contribution in [3.8, 4) is 5.75 Å². The van der Waals surface area contributed by atoms with Crippen molar-refractivity contribution in [3.63, 3.8) is 0 Å². The lowest BCUT2D eigenvalue weighted by molar-refractivity contribution is -0.125. The molecular weight excluding hydrogens is 316 g/mol. The highest BCUT2D eigenvalue weighted by molar-refractivity contribution is 6.01.